The highest BCUT2D eigenvalue weighted by Gasteiger charge is 2.25. The molecule has 6 heteroatoms. The fraction of sp³-hybridized carbons (Fsp3) is 0.895. The van der Waals surface area contributed by atoms with E-state index in [9.17, 15) is 9.59 Å². The molecule has 0 radical (unpaired) electrons. The van der Waals surface area contributed by atoms with Gasteiger partial charge in [-0.15, -0.1) is 0 Å². The Morgan fingerprint density at radius 1 is 1.08 bits per heavy atom. The number of nitrogens with two attached hydrogens (primary N) is 1. The second-order valence-electron chi connectivity index (χ2n) is 8.93. The van der Waals surface area contributed by atoms with Crippen LogP contribution >= 0.6 is 0 Å². The van der Waals surface area contributed by atoms with Crippen molar-refractivity contribution in [2.75, 3.05) is 13.1 Å². The summed E-state index contributed by atoms with van der Waals surface area (Å²) in [4.78, 5) is 24.5. The maximum atomic E-state index is 12.4. The highest BCUT2D eigenvalue weighted by atomic mass is 16.6. The third kappa shape index (κ3) is 12.7. The van der Waals surface area contributed by atoms with Crippen molar-refractivity contribution in [2.45, 2.75) is 85.8 Å². The predicted molar refractivity (Wildman–Crippen MR) is 102 cm³/mol. The molecule has 2 amide bonds. The first-order chi connectivity index (χ1) is 11.4. The summed E-state index contributed by atoms with van der Waals surface area (Å²) in [6.07, 6.45) is 2.62. The summed E-state index contributed by atoms with van der Waals surface area (Å²) in [6, 6.07) is -0.587. The van der Waals surface area contributed by atoms with E-state index in [2.05, 4.69) is 38.3 Å². The summed E-state index contributed by atoms with van der Waals surface area (Å²) >= 11 is 0. The van der Waals surface area contributed by atoms with Crippen molar-refractivity contribution in [3.8, 4) is 0 Å². The van der Waals surface area contributed by atoms with Gasteiger partial charge in [-0.05, 0) is 57.9 Å². The van der Waals surface area contributed by atoms with Crippen LogP contribution in [-0.4, -0.2) is 36.7 Å². The van der Waals surface area contributed by atoms with E-state index in [1.807, 2.05) is 0 Å². The second-order valence-corrected chi connectivity index (χ2v) is 8.93. The number of hydrogen-bond donors (Lipinski definition) is 3. The van der Waals surface area contributed by atoms with Crippen LogP contribution in [-0.2, 0) is 9.53 Å². The molecule has 0 unspecified atom stereocenters. The van der Waals surface area contributed by atoms with Gasteiger partial charge in [-0.3, -0.25) is 4.79 Å². The summed E-state index contributed by atoms with van der Waals surface area (Å²) in [7, 11) is 0. The number of ether oxygens (including phenoxy) is 1. The van der Waals surface area contributed by atoms with Crippen LogP contribution in [0.3, 0.4) is 0 Å². The molecule has 25 heavy (non-hydrogen) atoms. The number of hydrogen-bond acceptors (Lipinski definition) is 4. The number of nitrogens with one attached hydrogen (secondary N) is 2. The number of carbonyl (C=O) groups is 2. The Balaban J connectivity index is 4.69. The summed E-state index contributed by atoms with van der Waals surface area (Å²) in [5, 5.41) is 5.62. The fourth-order valence-electron chi connectivity index (χ4n) is 2.21. The van der Waals surface area contributed by atoms with Gasteiger partial charge in [-0.25, -0.2) is 4.79 Å². The van der Waals surface area contributed by atoms with Gasteiger partial charge < -0.3 is 21.1 Å². The van der Waals surface area contributed by atoms with Gasteiger partial charge in [0.05, 0.1) is 0 Å². The number of rotatable bonds is 10. The van der Waals surface area contributed by atoms with Crippen LogP contribution in [0.5, 0.6) is 0 Å². The third-order valence-electron chi connectivity index (χ3n) is 3.93. The smallest absolute Gasteiger partial charge is 0.408 e. The van der Waals surface area contributed by atoms with Crippen LogP contribution in [0.1, 0.15) is 74.1 Å². The van der Waals surface area contributed by atoms with E-state index >= 15 is 0 Å². The van der Waals surface area contributed by atoms with Crippen molar-refractivity contribution in [1.29, 1.82) is 0 Å². The van der Waals surface area contributed by atoms with Crippen LogP contribution in [0.25, 0.3) is 0 Å². The second kappa shape index (κ2) is 10.6. The van der Waals surface area contributed by atoms with Gasteiger partial charge in [0, 0.05) is 6.54 Å². The molecule has 148 valence electrons. The first-order valence-corrected chi connectivity index (χ1v) is 9.33. The summed E-state index contributed by atoms with van der Waals surface area (Å²) in [5.74, 6) is 0.361. The summed E-state index contributed by atoms with van der Waals surface area (Å²) in [6.45, 7) is 15.0. The summed E-state index contributed by atoms with van der Waals surface area (Å²) < 4.78 is 5.28. The van der Waals surface area contributed by atoms with E-state index in [0.717, 1.165) is 19.3 Å². The molecule has 0 aromatic heterocycles. The number of amides is 2. The fourth-order valence-corrected chi connectivity index (χ4v) is 2.21. The molecule has 0 aromatic carbocycles. The van der Waals surface area contributed by atoms with Gasteiger partial charge in [0.1, 0.15) is 11.6 Å². The van der Waals surface area contributed by atoms with Crippen LogP contribution in [0.15, 0.2) is 0 Å². The Morgan fingerprint density at radius 2 is 1.68 bits per heavy atom. The zero-order valence-electron chi connectivity index (χ0n) is 17.2. The van der Waals surface area contributed by atoms with E-state index in [0.29, 0.717) is 25.4 Å². The molecule has 0 rings (SSSR count). The van der Waals surface area contributed by atoms with Crippen molar-refractivity contribution >= 4 is 12.0 Å². The first kappa shape index (κ1) is 23.7. The molecule has 0 bridgehead atoms. The highest BCUT2D eigenvalue weighted by molar-refractivity contribution is 5.85. The topological polar surface area (TPSA) is 93.5 Å². The van der Waals surface area contributed by atoms with Crippen molar-refractivity contribution in [2.24, 2.45) is 17.1 Å². The molecule has 0 saturated heterocycles. The van der Waals surface area contributed by atoms with Crippen LogP contribution in [0.2, 0.25) is 0 Å². The van der Waals surface area contributed by atoms with Crippen LogP contribution < -0.4 is 16.4 Å². The quantitative estimate of drug-likeness (QED) is 0.560. The van der Waals surface area contributed by atoms with Crippen LogP contribution in [0.4, 0.5) is 4.79 Å². The van der Waals surface area contributed by atoms with E-state index in [-0.39, 0.29) is 11.3 Å². The average molecular weight is 358 g/mol. The largest absolute Gasteiger partial charge is 0.444 e. The van der Waals surface area contributed by atoms with Gasteiger partial charge in [-0.2, -0.15) is 0 Å². The molecule has 0 spiro atoms. The molecule has 1 atom stereocenters. The van der Waals surface area contributed by atoms with Crippen LogP contribution in [0, 0.1) is 11.3 Å². The zero-order valence-corrected chi connectivity index (χ0v) is 17.2. The SMILES string of the molecule is CC(C)CCNC(=O)[C@H](CCCC(C)(C)CN)NC(=O)OC(C)(C)C. The average Bonchev–Trinajstić information content (AvgIpc) is 2.43. The highest BCUT2D eigenvalue weighted by Crippen LogP contribution is 2.22. The van der Waals surface area contributed by atoms with E-state index in [1.165, 1.54) is 0 Å². The molecule has 4 N–H and O–H groups in total. The standard InChI is InChI=1S/C19H39N3O3/c1-14(2)10-12-21-16(23)15(9-8-11-19(6,7)13-20)22-17(24)25-18(3,4)5/h14-15H,8-13,20H2,1-7H3,(H,21,23)(H,22,24)/t15-/m0/s1. The minimum atomic E-state index is -0.593. The summed E-state index contributed by atoms with van der Waals surface area (Å²) in [5.41, 5.74) is 5.20. The van der Waals surface area contributed by atoms with Gasteiger partial charge in [0.15, 0.2) is 0 Å². The molecular formula is C19H39N3O3. The zero-order chi connectivity index (χ0) is 19.7. The Kier molecular flexibility index (Phi) is 10.1. The Hall–Kier alpha value is -1.30. The Labute approximate surface area is 153 Å². The number of carbonyl (C=O) groups excluding carboxylic acids is 2. The van der Waals surface area contributed by atoms with Crippen molar-refractivity contribution in [3.63, 3.8) is 0 Å². The van der Waals surface area contributed by atoms with E-state index in [1.54, 1.807) is 20.8 Å². The predicted octanol–water partition coefficient (Wildman–Crippen LogP) is 3.20. The first-order valence-electron chi connectivity index (χ1n) is 9.33. The Bertz CT molecular complexity index is 415. The molecule has 0 aliphatic heterocycles. The van der Waals surface area contributed by atoms with Gasteiger partial charge in [-0.1, -0.05) is 34.1 Å². The monoisotopic (exact) mass is 357 g/mol. The Morgan fingerprint density at radius 3 is 2.16 bits per heavy atom. The molecule has 0 aromatic rings. The normalized spacial score (nSPS) is 13.5. The lowest BCUT2D eigenvalue weighted by Crippen LogP contribution is -2.48. The molecule has 0 fully saturated rings. The van der Waals surface area contributed by atoms with Crippen molar-refractivity contribution < 1.29 is 14.3 Å². The lowest BCUT2D eigenvalue weighted by atomic mass is 9.86. The number of alkyl carbamates (subject to hydrolysis) is 1. The lowest BCUT2D eigenvalue weighted by Gasteiger charge is -2.25. The molecule has 0 saturated carbocycles. The van der Waals surface area contributed by atoms with Gasteiger partial charge in [0.2, 0.25) is 5.91 Å². The minimum Gasteiger partial charge on any atom is -0.444 e. The maximum absolute atomic E-state index is 12.4. The molecule has 0 aliphatic carbocycles. The third-order valence-corrected chi connectivity index (χ3v) is 3.93. The lowest BCUT2D eigenvalue weighted by molar-refractivity contribution is -0.123. The minimum absolute atomic E-state index is 0.0323. The van der Waals surface area contributed by atoms with E-state index < -0.39 is 17.7 Å². The van der Waals surface area contributed by atoms with Gasteiger partial charge >= 0.3 is 6.09 Å². The van der Waals surface area contributed by atoms with E-state index in [4.69, 9.17) is 10.5 Å². The molecule has 6 nitrogen and oxygen atoms in total. The maximum Gasteiger partial charge on any atom is 0.408 e. The van der Waals surface area contributed by atoms with Crippen molar-refractivity contribution in [3.05, 3.63) is 0 Å². The molecular weight excluding hydrogens is 318 g/mol. The van der Waals surface area contributed by atoms with Crippen molar-refractivity contribution in [1.82, 2.24) is 10.6 Å². The molecule has 0 heterocycles. The molecule has 0 aliphatic rings. The van der Waals surface area contributed by atoms with Gasteiger partial charge in [0.25, 0.3) is 0 Å².